The molecule has 6 unspecified atom stereocenters. The van der Waals surface area contributed by atoms with E-state index in [9.17, 15) is 64.7 Å². The molecule has 0 spiro atoms. The second kappa shape index (κ2) is 40.0. The van der Waals surface area contributed by atoms with Crippen LogP contribution in [0.4, 0.5) is 28.4 Å². The number of aliphatic hydroxyl groups is 4. The Morgan fingerprint density at radius 2 is 0.677 bits per heavy atom. The second-order valence-electron chi connectivity index (χ2n) is 31.7. The molecular weight excluding hydrogens is 1640 g/mol. The van der Waals surface area contributed by atoms with E-state index in [1.165, 1.54) is 48.5 Å². The van der Waals surface area contributed by atoms with Crippen molar-refractivity contribution < 1.29 is 92.8 Å². The van der Waals surface area contributed by atoms with Crippen LogP contribution in [0.25, 0.3) is 65.4 Å². The number of ether oxygens (including phenoxy) is 6. The molecule has 34 heteroatoms. The van der Waals surface area contributed by atoms with E-state index in [0.717, 1.165) is 124 Å². The summed E-state index contributed by atoms with van der Waals surface area (Å²) in [4.78, 5) is 107. The number of non-ortho nitro benzene ring substituents is 4. The zero-order valence-electron chi connectivity index (χ0n) is 70.9. The Morgan fingerprint density at radius 1 is 0.386 bits per heavy atom. The molecule has 13 N–H and O–H groups in total. The number of nitrogens with one attached hydrogen (secondary N) is 6. The maximum atomic E-state index is 13.2. The number of carboxylic acids is 1. The van der Waals surface area contributed by atoms with Gasteiger partial charge in [0, 0.05) is 179 Å². The fourth-order valence-corrected chi connectivity index (χ4v) is 14.6. The number of carbonyl (C=O) groups excluding carboxylic acids is 3. The number of aromatic nitrogens is 6. The summed E-state index contributed by atoms with van der Waals surface area (Å²) in [5.41, 5.74) is 19.0. The van der Waals surface area contributed by atoms with Crippen LogP contribution in [-0.4, -0.2) is 152 Å². The van der Waals surface area contributed by atoms with Crippen LogP contribution < -0.4 is 24.7 Å². The molecule has 0 bridgehead atoms. The number of nitrogens with zero attached hydrogens (tertiary/aromatic N) is 4. The van der Waals surface area contributed by atoms with Gasteiger partial charge in [-0.15, -0.1) is 0 Å². The van der Waals surface area contributed by atoms with Crippen molar-refractivity contribution in [3.05, 3.63) is 273 Å². The van der Waals surface area contributed by atoms with E-state index < -0.39 is 42.9 Å². The average Bonchev–Trinajstić information content (AvgIpc) is 1.59. The van der Waals surface area contributed by atoms with Crippen LogP contribution >= 0.6 is 0 Å². The highest BCUT2D eigenvalue weighted by Crippen LogP contribution is 2.53. The maximum absolute atomic E-state index is 13.2. The summed E-state index contributed by atoms with van der Waals surface area (Å²) in [5, 5.41) is 93.4. The van der Waals surface area contributed by atoms with Crippen LogP contribution in [0.3, 0.4) is 0 Å². The number of hydrogen-bond acceptors (Lipinski definition) is 23. The van der Waals surface area contributed by atoms with Crippen LogP contribution in [0.2, 0.25) is 0 Å². The number of nitro benzene ring substituents is 4. The number of nitro groups is 4. The van der Waals surface area contributed by atoms with Crippen LogP contribution in [0, 0.1) is 40.5 Å². The highest BCUT2D eigenvalue weighted by Gasteiger charge is 2.53. The first kappa shape index (κ1) is 91.7. The van der Waals surface area contributed by atoms with Crippen molar-refractivity contribution in [3.8, 4) is 23.0 Å². The Bertz CT molecular complexity index is 6180. The number of aliphatic carboxylic acids is 1. The molecule has 0 amide bonds. The molecule has 8 heterocycles. The summed E-state index contributed by atoms with van der Waals surface area (Å²) in [7, 11) is 0. The SMILES string of the molecule is CC(CO)c1cc2cc(CC(=O)C3(c4ccc5c(c4)OCO5)CC3)ccc2[nH]1.CC(CO)c1cc2cc(N)ccc2[nH]1.CC(CO)c1cc2cc([N+](=O)[O-])ccc2[nH]1.CC(CO)c1cc2cc([N+](=O)[O-])ccc2[nH]1.CCOC(=O)C(C)c1cc2cc([N+](=O)[O-])ccc2[nH]1.CCOC(=O)C(C)c1cc2cc([N+](=O)[O-])ccc2[nH]1.O=C(O)C1(c2ccc3c(c2)OCO3)CC1. The Balaban J connectivity index is 0.000000136. The van der Waals surface area contributed by atoms with Gasteiger partial charge >= 0.3 is 17.9 Å². The van der Waals surface area contributed by atoms with Crippen molar-refractivity contribution in [1.82, 2.24) is 29.9 Å². The van der Waals surface area contributed by atoms with E-state index in [4.69, 9.17) is 54.6 Å². The Morgan fingerprint density at radius 3 is 0.992 bits per heavy atom. The first-order valence-electron chi connectivity index (χ1n) is 41.2. The van der Waals surface area contributed by atoms with Gasteiger partial charge in [0.25, 0.3) is 22.7 Å². The largest absolute Gasteiger partial charge is 0.481 e. The summed E-state index contributed by atoms with van der Waals surface area (Å²) in [6.07, 6.45) is 3.61. The highest BCUT2D eigenvalue weighted by atomic mass is 16.7. The van der Waals surface area contributed by atoms with Gasteiger partial charge in [0.15, 0.2) is 23.0 Å². The van der Waals surface area contributed by atoms with Crippen LogP contribution in [0.1, 0.15) is 167 Å². The maximum Gasteiger partial charge on any atom is 0.314 e. The fraction of sp³-hybridized carbons (Fsp3) is 0.312. The standard InChI is InChI=1S/C23H23NO4.2C13H14N2O4.2C11H12N2O3.C11H14N2O.C11H10O4/c1-14(12-25)19-10-16-8-15(2-4-18(16)24-19)9-22(26)23(6-7-23)17-3-5-20-21(11-17)28-13-27-20;2*1-3-19-13(16)8(2)12-7-9-6-10(15(17)18)4-5-11(9)14-12;2*1-7(6-14)11-5-8-4-9(13(15)16)2-3-10(8)12-11;1-7(6-14)11-5-8-4-9(12)2-3-10(8)13-11;12-10(13)11(3-4-11)7-1-2-8-9(5-7)15-6-14-8/h2-5,8,10-11,14,24-25H,6-7,9,12-13H2,1H3;2*4-8,14H,3H2,1-2H3;2*2-5,7,12,14H,6H2,1H3;2-5,7,13-14H,6,12H2,1H3;1-2,5H,3-4,6H2,(H,12,13). The zero-order chi connectivity index (χ0) is 91.3. The molecule has 2 fully saturated rings. The molecule has 18 rings (SSSR count). The van der Waals surface area contributed by atoms with Gasteiger partial charge in [-0.3, -0.25) is 59.6 Å². The number of carbonyl (C=O) groups is 4. The third-order valence-electron chi connectivity index (χ3n) is 22.8. The lowest BCUT2D eigenvalue weighted by Gasteiger charge is -2.15. The number of rotatable bonds is 24. The second-order valence-corrected chi connectivity index (χ2v) is 31.7. The molecule has 2 aliphatic carbocycles. The summed E-state index contributed by atoms with van der Waals surface area (Å²) < 4.78 is 31.2. The van der Waals surface area contributed by atoms with E-state index >= 15 is 0 Å². The molecule has 8 aromatic carbocycles. The molecule has 6 aromatic heterocycles. The van der Waals surface area contributed by atoms with Gasteiger partial charge in [-0.05, 0) is 191 Å². The smallest absolute Gasteiger partial charge is 0.314 e. The number of anilines is 1. The van der Waals surface area contributed by atoms with Crippen LogP contribution in [0.15, 0.2) is 182 Å². The molecule has 6 atom stereocenters. The van der Waals surface area contributed by atoms with Gasteiger partial charge in [-0.25, -0.2) is 0 Å². The molecule has 664 valence electrons. The van der Waals surface area contributed by atoms with E-state index in [2.05, 4.69) is 42.0 Å². The lowest BCUT2D eigenvalue weighted by Crippen LogP contribution is -2.22. The average molecular weight is 1740 g/mol. The van der Waals surface area contributed by atoms with E-state index in [0.29, 0.717) is 66.1 Å². The molecule has 34 nitrogen and oxygen atoms in total. The van der Waals surface area contributed by atoms with Gasteiger partial charge in [-0.2, -0.15) is 0 Å². The van der Waals surface area contributed by atoms with Crippen molar-refractivity contribution in [2.24, 2.45) is 0 Å². The third kappa shape index (κ3) is 21.5. The number of nitrogen functional groups attached to an aromatic ring is 1. The van der Waals surface area contributed by atoms with Crippen molar-refractivity contribution in [2.75, 3.05) is 59.0 Å². The topological polar surface area (TPSA) is 518 Å². The number of H-pyrrole nitrogens is 6. The minimum absolute atomic E-state index is 0.00598. The van der Waals surface area contributed by atoms with E-state index in [1.54, 1.807) is 76.2 Å². The first-order chi connectivity index (χ1) is 60.8. The van der Waals surface area contributed by atoms with E-state index in [1.807, 2.05) is 100 Å². The number of benzene rings is 8. The lowest BCUT2D eigenvalue weighted by molar-refractivity contribution is -0.384. The molecular formula is C93H99N11O23. The number of esters is 2. The van der Waals surface area contributed by atoms with Gasteiger partial charge in [-0.1, -0.05) is 45.9 Å². The molecule has 4 aliphatic rings. The summed E-state index contributed by atoms with van der Waals surface area (Å²) in [6, 6.07) is 52.8. The number of carboxylic acid groups (broad SMARTS) is 1. The third-order valence-corrected chi connectivity index (χ3v) is 22.8. The van der Waals surface area contributed by atoms with Crippen molar-refractivity contribution in [2.45, 2.75) is 134 Å². The Labute approximate surface area is 725 Å². The quantitative estimate of drug-likeness (QED) is 0.0116. The minimum atomic E-state index is -0.749. The normalized spacial score (nSPS) is 14.6. The van der Waals surface area contributed by atoms with Crippen LogP contribution in [-0.2, 0) is 45.9 Å². The number of aromatic amines is 6. The molecule has 14 aromatic rings. The fourth-order valence-electron chi connectivity index (χ4n) is 14.6. The number of aliphatic hydroxyl groups excluding tert-OH is 4. The molecule has 2 aliphatic heterocycles. The minimum Gasteiger partial charge on any atom is -0.481 e. The number of ketones is 1. The Kier molecular flexibility index (Phi) is 28.9. The van der Waals surface area contributed by atoms with Crippen molar-refractivity contribution in [1.29, 1.82) is 0 Å². The number of nitrogens with two attached hydrogens (primary N) is 1. The summed E-state index contributed by atoms with van der Waals surface area (Å²) in [6.45, 7) is 16.2. The molecule has 0 saturated heterocycles. The Hall–Kier alpha value is -14.5. The highest BCUT2D eigenvalue weighted by molar-refractivity contribution is 5.96. The zero-order valence-corrected chi connectivity index (χ0v) is 70.9. The first-order valence-corrected chi connectivity index (χ1v) is 41.2. The number of hydrogen-bond donors (Lipinski definition) is 12. The molecule has 127 heavy (non-hydrogen) atoms. The number of Topliss-reactive ketones (excluding diaryl/α,β-unsaturated/α-hetero) is 1. The molecule has 0 radical (unpaired) electrons. The van der Waals surface area contributed by atoms with Crippen LogP contribution in [0.5, 0.6) is 23.0 Å². The van der Waals surface area contributed by atoms with Gasteiger partial charge in [0.1, 0.15) is 5.78 Å². The van der Waals surface area contributed by atoms with Crippen molar-refractivity contribution >= 4 is 118 Å². The van der Waals surface area contributed by atoms with Gasteiger partial charge < -0.3 is 89.6 Å². The number of fused-ring (bicyclic) bond motifs is 8. The van der Waals surface area contributed by atoms with E-state index in [-0.39, 0.29) is 110 Å². The predicted octanol–water partition coefficient (Wildman–Crippen LogP) is 17.0. The predicted molar refractivity (Wildman–Crippen MR) is 476 cm³/mol. The molecule has 2 saturated carbocycles. The lowest BCUT2D eigenvalue weighted by atomic mass is 9.87. The summed E-state index contributed by atoms with van der Waals surface area (Å²) >= 11 is 0. The summed E-state index contributed by atoms with van der Waals surface area (Å²) in [5.74, 6) is 1.07. The van der Waals surface area contributed by atoms with Crippen molar-refractivity contribution in [3.63, 3.8) is 0 Å². The van der Waals surface area contributed by atoms with Gasteiger partial charge in [0.2, 0.25) is 13.6 Å². The monoisotopic (exact) mass is 1740 g/mol. The van der Waals surface area contributed by atoms with Gasteiger partial charge in [0.05, 0.1) is 82.0 Å².